The van der Waals surface area contributed by atoms with Crippen molar-refractivity contribution in [2.24, 2.45) is 0 Å². The van der Waals surface area contributed by atoms with E-state index in [-0.39, 0.29) is 12.2 Å². The Hall–Kier alpha value is -2.01. The van der Waals surface area contributed by atoms with Crippen LogP contribution in [0.1, 0.15) is 116 Å². The third kappa shape index (κ3) is 9.46. The molecule has 4 nitrogen and oxygen atoms in total. The number of carbonyl (C=O) groups is 1. The number of ether oxygens (including phenoxy) is 1. The summed E-state index contributed by atoms with van der Waals surface area (Å²) in [6, 6.07) is 13.7. The lowest BCUT2D eigenvalue weighted by Gasteiger charge is -2.31. The Labute approximate surface area is 221 Å². The molecule has 0 saturated carbocycles. The van der Waals surface area contributed by atoms with Crippen molar-refractivity contribution in [3.8, 4) is 0 Å². The molecule has 0 bridgehead atoms. The molecule has 1 aromatic carbocycles. The number of carbonyl (C=O) groups excluding carboxylic acids is 1. The van der Waals surface area contributed by atoms with Gasteiger partial charge in [0.05, 0.1) is 14.3 Å². The molecule has 0 spiro atoms. The summed E-state index contributed by atoms with van der Waals surface area (Å²) in [6.45, 7) is 11.3. The van der Waals surface area contributed by atoms with Gasteiger partial charge in [-0.2, -0.15) is 0 Å². The van der Waals surface area contributed by atoms with Crippen LogP contribution in [0.25, 0.3) is 0 Å². The van der Waals surface area contributed by atoms with Gasteiger partial charge in [-0.1, -0.05) is 121 Å². The number of nitrogens with one attached hydrogen (secondary N) is 1. The standard InChI is InChI=1S/C31H51NO3Si/c1-6-10-11-12-13-14-15-16-17-18-20-29(28-21-19-24-34-28)35-31(33)32-27-23-22-26(5)25-30(27)36(7-2,8-3)9-4/h19,21-25,29H,6-18,20H2,1-5H3,(H,32,33). The zero-order valence-corrected chi connectivity index (χ0v) is 24.7. The molecule has 2 rings (SSSR count). The SMILES string of the molecule is CCCCCCCCCCCCC(OC(=O)Nc1ccc(C)cc1[Si](CC)(CC)CC)c1ccco1. The Bertz CT molecular complexity index is 852. The van der Waals surface area contributed by atoms with E-state index in [1.54, 1.807) is 6.26 Å². The van der Waals surface area contributed by atoms with Crippen molar-refractivity contribution in [2.75, 3.05) is 5.32 Å². The first-order chi connectivity index (χ1) is 17.5. The van der Waals surface area contributed by atoms with Crippen molar-refractivity contribution in [3.05, 3.63) is 47.9 Å². The third-order valence-corrected chi connectivity index (χ3v) is 13.6. The minimum absolute atomic E-state index is 0.353. The van der Waals surface area contributed by atoms with Crippen LogP contribution in [0, 0.1) is 6.92 Å². The highest BCUT2D eigenvalue weighted by Gasteiger charge is 2.32. The lowest BCUT2D eigenvalue weighted by molar-refractivity contribution is 0.0893. The van der Waals surface area contributed by atoms with Crippen LogP contribution in [0.3, 0.4) is 0 Å². The molecular formula is C31H51NO3Si. The number of furan rings is 1. The molecule has 0 aliphatic carbocycles. The molecule has 0 aliphatic heterocycles. The maximum absolute atomic E-state index is 13.1. The van der Waals surface area contributed by atoms with Gasteiger partial charge in [-0.3, -0.25) is 5.32 Å². The van der Waals surface area contributed by atoms with Crippen molar-refractivity contribution in [3.63, 3.8) is 0 Å². The summed E-state index contributed by atoms with van der Waals surface area (Å²) in [4.78, 5) is 13.1. The van der Waals surface area contributed by atoms with E-state index < -0.39 is 8.07 Å². The van der Waals surface area contributed by atoms with Crippen LogP contribution in [0.2, 0.25) is 18.1 Å². The summed E-state index contributed by atoms with van der Waals surface area (Å²) < 4.78 is 11.6. The maximum atomic E-state index is 13.1. The van der Waals surface area contributed by atoms with E-state index in [0.29, 0.717) is 0 Å². The van der Waals surface area contributed by atoms with Crippen LogP contribution in [0.4, 0.5) is 10.5 Å². The molecule has 1 amide bonds. The zero-order chi connectivity index (χ0) is 26.2. The summed E-state index contributed by atoms with van der Waals surface area (Å²) in [5.74, 6) is 0.726. The molecule has 0 fully saturated rings. The molecule has 1 heterocycles. The quantitative estimate of drug-likeness (QED) is 0.159. The number of unbranched alkanes of at least 4 members (excludes halogenated alkanes) is 9. The molecule has 1 N–H and O–H groups in total. The molecule has 0 saturated heterocycles. The van der Waals surface area contributed by atoms with E-state index in [9.17, 15) is 4.79 Å². The van der Waals surface area contributed by atoms with Crippen molar-refractivity contribution < 1.29 is 13.9 Å². The average Bonchev–Trinajstić information content (AvgIpc) is 3.42. The molecule has 0 radical (unpaired) electrons. The highest BCUT2D eigenvalue weighted by Crippen LogP contribution is 2.27. The van der Waals surface area contributed by atoms with E-state index in [1.807, 2.05) is 12.1 Å². The normalized spacial score (nSPS) is 12.5. The smallest absolute Gasteiger partial charge is 0.412 e. The number of amides is 1. The highest BCUT2D eigenvalue weighted by molar-refractivity contribution is 6.92. The van der Waals surface area contributed by atoms with Gasteiger partial charge >= 0.3 is 6.09 Å². The second-order valence-electron chi connectivity index (χ2n) is 10.4. The Morgan fingerprint density at radius 1 is 0.889 bits per heavy atom. The summed E-state index contributed by atoms with van der Waals surface area (Å²) >= 11 is 0. The van der Waals surface area contributed by atoms with E-state index >= 15 is 0 Å². The van der Waals surface area contributed by atoms with Gasteiger partial charge in [0.2, 0.25) is 0 Å². The first kappa shape index (κ1) is 30.2. The van der Waals surface area contributed by atoms with E-state index in [0.717, 1.165) is 30.7 Å². The van der Waals surface area contributed by atoms with Crippen molar-refractivity contribution in [1.82, 2.24) is 0 Å². The topological polar surface area (TPSA) is 51.5 Å². The van der Waals surface area contributed by atoms with Gasteiger partial charge in [0.15, 0.2) is 6.10 Å². The van der Waals surface area contributed by atoms with Gasteiger partial charge < -0.3 is 9.15 Å². The van der Waals surface area contributed by atoms with Crippen LogP contribution in [0.15, 0.2) is 41.0 Å². The first-order valence-corrected chi connectivity index (χ1v) is 17.2. The second kappa shape index (κ2) is 16.7. The summed E-state index contributed by atoms with van der Waals surface area (Å²) in [7, 11) is -1.67. The predicted octanol–water partition coefficient (Wildman–Crippen LogP) is 9.90. The molecule has 1 atom stereocenters. The van der Waals surface area contributed by atoms with Gasteiger partial charge in [0.25, 0.3) is 0 Å². The molecule has 36 heavy (non-hydrogen) atoms. The van der Waals surface area contributed by atoms with E-state index in [4.69, 9.17) is 9.15 Å². The van der Waals surface area contributed by atoms with Crippen molar-refractivity contribution in [2.45, 2.75) is 129 Å². The molecule has 2 aromatic rings. The number of aryl methyl sites for hydroxylation is 1. The maximum Gasteiger partial charge on any atom is 0.412 e. The summed E-state index contributed by atoms with van der Waals surface area (Å²) in [5.41, 5.74) is 2.16. The number of benzene rings is 1. The monoisotopic (exact) mass is 513 g/mol. The zero-order valence-electron chi connectivity index (χ0n) is 23.7. The fourth-order valence-corrected chi connectivity index (χ4v) is 9.24. The Kier molecular flexibility index (Phi) is 14.0. The number of anilines is 1. The van der Waals surface area contributed by atoms with E-state index in [2.05, 4.69) is 58.1 Å². The largest absolute Gasteiger partial charge is 0.465 e. The lowest BCUT2D eigenvalue weighted by Crippen LogP contribution is -2.47. The van der Waals surface area contributed by atoms with Crippen LogP contribution < -0.4 is 10.5 Å². The van der Waals surface area contributed by atoms with E-state index in [1.165, 1.54) is 80.2 Å². The number of rotatable bonds is 18. The summed E-state index contributed by atoms with van der Waals surface area (Å²) in [5, 5.41) is 4.45. The van der Waals surface area contributed by atoms with Crippen molar-refractivity contribution >= 4 is 25.0 Å². The molecular weight excluding hydrogens is 462 g/mol. The average molecular weight is 514 g/mol. The Morgan fingerprint density at radius 3 is 2.06 bits per heavy atom. The van der Waals surface area contributed by atoms with Gasteiger partial charge in [-0.05, 0) is 43.2 Å². The molecule has 1 unspecified atom stereocenters. The molecule has 1 aromatic heterocycles. The minimum atomic E-state index is -1.67. The third-order valence-electron chi connectivity index (χ3n) is 7.94. The van der Waals surface area contributed by atoms with Crippen LogP contribution in [0.5, 0.6) is 0 Å². The van der Waals surface area contributed by atoms with Gasteiger partial charge in [-0.15, -0.1) is 0 Å². The van der Waals surface area contributed by atoms with Gasteiger partial charge in [0, 0.05) is 5.69 Å². The van der Waals surface area contributed by atoms with Crippen LogP contribution in [-0.2, 0) is 4.74 Å². The number of hydrogen-bond donors (Lipinski definition) is 1. The molecule has 0 aliphatic rings. The summed E-state index contributed by atoms with van der Waals surface area (Å²) in [6.07, 6.45) is 14.6. The second-order valence-corrected chi connectivity index (χ2v) is 15.6. The highest BCUT2D eigenvalue weighted by atomic mass is 28.3. The Balaban J connectivity index is 1.93. The van der Waals surface area contributed by atoms with Crippen LogP contribution in [-0.4, -0.2) is 14.2 Å². The van der Waals surface area contributed by atoms with Gasteiger partial charge in [-0.25, -0.2) is 4.79 Å². The minimum Gasteiger partial charge on any atom is -0.465 e. The lowest BCUT2D eigenvalue weighted by atomic mass is 10.0. The van der Waals surface area contributed by atoms with Crippen molar-refractivity contribution in [1.29, 1.82) is 0 Å². The molecule has 202 valence electrons. The first-order valence-electron chi connectivity index (χ1n) is 14.6. The Morgan fingerprint density at radius 2 is 1.50 bits per heavy atom. The van der Waals surface area contributed by atoms with Gasteiger partial charge in [0.1, 0.15) is 5.76 Å². The van der Waals surface area contributed by atoms with Crippen LogP contribution >= 0.6 is 0 Å². The fourth-order valence-electron chi connectivity index (χ4n) is 5.35. The fraction of sp³-hybridized carbons (Fsp3) is 0.645. The molecule has 5 heteroatoms. The predicted molar refractivity (Wildman–Crippen MR) is 156 cm³/mol. The number of hydrogen-bond acceptors (Lipinski definition) is 3.